The molecule has 36 valence electrons. The Balaban J connectivity index is -0.0000000450. The SMILES string of the molecule is [Gd].[Nd].[O]=[V](=[O])[OH]. The summed E-state index contributed by atoms with van der Waals surface area (Å²) in [6.45, 7) is 0. The summed E-state index contributed by atoms with van der Waals surface area (Å²) in [4.78, 5) is 0. The van der Waals surface area contributed by atoms with Crippen LogP contribution in [0.2, 0.25) is 0 Å². The van der Waals surface area contributed by atoms with Crippen LogP contribution < -0.4 is 0 Å². The van der Waals surface area contributed by atoms with Crippen LogP contribution in [0.5, 0.6) is 0 Å². The summed E-state index contributed by atoms with van der Waals surface area (Å²) in [6.07, 6.45) is 0. The molecular weight excluding hydrogens is 400 g/mol. The van der Waals surface area contributed by atoms with Gasteiger partial charge in [-0.3, -0.25) is 0 Å². The van der Waals surface area contributed by atoms with Crippen LogP contribution in [0.3, 0.4) is 0 Å². The van der Waals surface area contributed by atoms with E-state index in [0.29, 0.717) is 0 Å². The first-order valence-corrected chi connectivity index (χ1v) is 2.33. The molecule has 6 heavy (non-hydrogen) atoms. The van der Waals surface area contributed by atoms with Crippen LogP contribution in [0.25, 0.3) is 0 Å². The van der Waals surface area contributed by atoms with Gasteiger partial charge in [-0.05, 0) is 0 Å². The molecule has 0 aliphatic rings. The molecule has 0 amide bonds. The topological polar surface area (TPSA) is 54.4 Å². The molecule has 6 heteroatoms. The second-order valence-electron chi connectivity index (χ2n) is 0.238. The Morgan fingerprint density at radius 2 is 1.33 bits per heavy atom. The Kier molecular flexibility index (Phi) is 28.5. The zero-order valence-electron chi connectivity index (χ0n) is 2.56. The van der Waals surface area contributed by atoms with E-state index >= 15 is 0 Å². The summed E-state index contributed by atoms with van der Waals surface area (Å²) in [5.41, 5.74) is 0. The molecule has 1 N–H and O–H groups in total. The Labute approximate surface area is 105 Å². The van der Waals surface area contributed by atoms with Gasteiger partial charge in [-0.25, -0.2) is 0 Å². The van der Waals surface area contributed by atoms with Crippen LogP contribution in [0.1, 0.15) is 0 Å². The summed E-state index contributed by atoms with van der Waals surface area (Å²) in [7, 11) is 0. The van der Waals surface area contributed by atoms with Crippen molar-refractivity contribution in [1.29, 1.82) is 0 Å². The molecule has 0 fully saturated rings. The van der Waals surface area contributed by atoms with E-state index in [1.165, 1.54) is 0 Å². The second-order valence-corrected chi connectivity index (χ2v) is 0.981. The standard InChI is InChI=1S/Gd.Nd.H2O.2O.V/h;;1H2;;;/q;;;;;+1/p-1. The maximum atomic E-state index is 8.67. The Morgan fingerprint density at radius 1 is 1.33 bits per heavy atom. The Morgan fingerprint density at radius 3 is 1.33 bits per heavy atom. The summed E-state index contributed by atoms with van der Waals surface area (Å²) < 4.78 is 24.4. The van der Waals surface area contributed by atoms with Crippen molar-refractivity contribution in [3.8, 4) is 0 Å². The molecule has 0 radical (unpaired) electrons. The molecule has 0 aromatic carbocycles. The van der Waals surface area contributed by atoms with E-state index in [-0.39, 0.29) is 80.8 Å². The van der Waals surface area contributed by atoms with Crippen LogP contribution in [0.4, 0.5) is 0 Å². The molecule has 0 atom stereocenters. The van der Waals surface area contributed by atoms with Gasteiger partial charge in [-0.1, -0.05) is 0 Å². The zero-order chi connectivity index (χ0) is 3.58. The number of hydrogen-bond acceptors (Lipinski definition) is 2. The molecule has 0 bridgehead atoms. The van der Waals surface area contributed by atoms with E-state index in [1.807, 2.05) is 0 Å². The molecule has 0 saturated heterocycles. The van der Waals surface area contributed by atoms with Crippen molar-refractivity contribution >= 4 is 0 Å². The first-order chi connectivity index (χ1) is 1.73. The molecular formula is HGdNdO3V. The Hall–Kier alpha value is 2.82. The van der Waals surface area contributed by atoms with Crippen LogP contribution in [-0.4, -0.2) is 4.03 Å². The predicted molar refractivity (Wildman–Crippen MR) is 3.59 cm³/mol. The van der Waals surface area contributed by atoms with Crippen LogP contribution in [0.15, 0.2) is 0 Å². The maximum absolute atomic E-state index is 8.67. The third-order valence-electron chi connectivity index (χ3n) is 0. The quantitative estimate of drug-likeness (QED) is 0.579. The van der Waals surface area contributed by atoms with Crippen molar-refractivity contribution in [3.05, 3.63) is 0 Å². The van der Waals surface area contributed by atoms with E-state index in [0.717, 1.165) is 0 Å². The molecule has 0 spiro atoms. The van der Waals surface area contributed by atoms with Gasteiger partial charge in [0.15, 0.2) is 0 Å². The fraction of sp³-hybridized carbons (Fsp3) is 0. The minimum absolute atomic E-state index is 0. The van der Waals surface area contributed by atoms with Crippen LogP contribution in [0, 0.1) is 80.8 Å². The molecule has 0 aromatic rings. The molecule has 0 heterocycles. The van der Waals surface area contributed by atoms with Crippen molar-refractivity contribution in [2.75, 3.05) is 0 Å². The first-order valence-electron chi connectivity index (χ1n) is 0.565. The van der Waals surface area contributed by atoms with Crippen LogP contribution >= 0.6 is 0 Å². The van der Waals surface area contributed by atoms with Gasteiger partial charge in [0.2, 0.25) is 0 Å². The summed E-state index contributed by atoms with van der Waals surface area (Å²) >= 11 is -3.69. The normalized spacial score (nSPS) is 4.17. The molecule has 0 unspecified atom stereocenters. The molecule has 0 saturated carbocycles. The molecule has 0 aliphatic heterocycles. The Bertz CT molecular complexity index is 59.2. The molecule has 0 rings (SSSR count). The number of hydrogen-bond donors (Lipinski definition) is 1. The third kappa shape index (κ3) is 29.1. The third-order valence-corrected chi connectivity index (χ3v) is 0. The molecule has 0 aromatic heterocycles. The van der Waals surface area contributed by atoms with Gasteiger partial charge < -0.3 is 0 Å². The van der Waals surface area contributed by atoms with Crippen molar-refractivity contribution in [1.82, 2.24) is 0 Å². The van der Waals surface area contributed by atoms with E-state index in [1.54, 1.807) is 0 Å². The average Bonchev–Trinajstić information content (AvgIpc) is 0.811. The van der Waals surface area contributed by atoms with E-state index in [4.69, 9.17) is 11.4 Å². The van der Waals surface area contributed by atoms with Gasteiger partial charge in [-0.2, -0.15) is 0 Å². The molecule has 3 nitrogen and oxygen atoms in total. The van der Waals surface area contributed by atoms with E-state index < -0.39 is 15.4 Å². The monoisotopic (exact) mass is 400 g/mol. The second kappa shape index (κ2) is 10.7. The average molecular weight is 401 g/mol. The van der Waals surface area contributed by atoms with E-state index in [9.17, 15) is 0 Å². The summed E-state index contributed by atoms with van der Waals surface area (Å²) in [6, 6.07) is 0. The van der Waals surface area contributed by atoms with Gasteiger partial charge in [0.1, 0.15) is 0 Å². The van der Waals surface area contributed by atoms with Gasteiger partial charge in [-0.15, -0.1) is 0 Å². The van der Waals surface area contributed by atoms with Gasteiger partial charge in [0.25, 0.3) is 0 Å². The fourth-order valence-corrected chi connectivity index (χ4v) is 0. The first kappa shape index (κ1) is 15.9. The summed E-state index contributed by atoms with van der Waals surface area (Å²) in [5, 5.41) is 0. The van der Waals surface area contributed by atoms with Crippen molar-refractivity contribution < 1.29 is 108 Å². The van der Waals surface area contributed by atoms with Gasteiger partial charge in [0, 0.05) is 80.8 Å². The van der Waals surface area contributed by atoms with Gasteiger partial charge >= 0.3 is 26.8 Å². The predicted octanol–water partition coefficient (Wildman–Crippen LogP) is -0.797. The molecule has 0 aliphatic carbocycles. The van der Waals surface area contributed by atoms with Crippen molar-refractivity contribution in [2.45, 2.75) is 0 Å². The minimum atomic E-state index is -3.69. The van der Waals surface area contributed by atoms with Gasteiger partial charge in [0.05, 0.1) is 0 Å². The summed E-state index contributed by atoms with van der Waals surface area (Å²) in [5.74, 6) is 0. The van der Waals surface area contributed by atoms with Crippen LogP contribution in [-0.2, 0) is 22.7 Å². The van der Waals surface area contributed by atoms with Crippen molar-refractivity contribution in [3.63, 3.8) is 0 Å². The fourth-order valence-electron chi connectivity index (χ4n) is 0. The number of rotatable bonds is 0. The van der Waals surface area contributed by atoms with E-state index in [2.05, 4.69) is 0 Å². The zero-order valence-corrected chi connectivity index (χ0v) is 9.44. The van der Waals surface area contributed by atoms with Crippen molar-refractivity contribution in [2.24, 2.45) is 0 Å².